The van der Waals surface area contributed by atoms with E-state index >= 15 is 0 Å². The predicted molar refractivity (Wildman–Crippen MR) is 78.6 cm³/mol. The average molecular weight is 298 g/mol. The van der Waals surface area contributed by atoms with E-state index in [0.717, 1.165) is 12.2 Å². The summed E-state index contributed by atoms with van der Waals surface area (Å²) in [4.78, 5) is 31.3. The Hall–Kier alpha value is -2.37. The molecule has 0 bridgehead atoms. The molecule has 0 aromatic rings. The lowest BCUT2D eigenvalue weighted by atomic mass is 10.1. The van der Waals surface area contributed by atoms with Gasteiger partial charge in [-0.05, 0) is 27.2 Å². The van der Waals surface area contributed by atoms with Gasteiger partial charge in [0.05, 0.1) is 7.11 Å². The lowest BCUT2D eigenvalue weighted by Crippen LogP contribution is -2.24. The molecule has 0 saturated heterocycles. The molecule has 0 rings (SSSR count). The van der Waals surface area contributed by atoms with Crippen molar-refractivity contribution in [1.29, 1.82) is 0 Å². The fourth-order valence-electron chi connectivity index (χ4n) is 0.819. The zero-order valence-electron chi connectivity index (χ0n) is 12.8. The Bertz CT molecular complexity index is 426. The van der Waals surface area contributed by atoms with Crippen molar-refractivity contribution in [2.75, 3.05) is 7.11 Å². The van der Waals surface area contributed by atoms with Gasteiger partial charge >= 0.3 is 17.9 Å². The third-order valence-corrected chi connectivity index (χ3v) is 1.68. The van der Waals surface area contributed by atoms with Crippen LogP contribution < -0.4 is 0 Å². The van der Waals surface area contributed by atoms with Crippen LogP contribution >= 0.6 is 0 Å². The lowest BCUT2D eigenvalue weighted by molar-refractivity contribution is -0.150. The van der Waals surface area contributed by atoms with Gasteiger partial charge in [-0.15, -0.1) is 0 Å². The number of carbonyl (C=O) groups excluding carboxylic acids is 2. The molecule has 1 N–H and O–H groups in total. The molecule has 0 aromatic carbocycles. The number of ether oxygens (including phenoxy) is 2. The van der Waals surface area contributed by atoms with Crippen molar-refractivity contribution in [2.24, 2.45) is 0 Å². The number of esters is 2. The summed E-state index contributed by atoms with van der Waals surface area (Å²) in [5.74, 6) is -1.94. The predicted octanol–water partition coefficient (Wildman–Crippen LogP) is 2.26. The summed E-state index contributed by atoms with van der Waals surface area (Å²) < 4.78 is 9.18. The second-order valence-corrected chi connectivity index (χ2v) is 4.78. The zero-order chi connectivity index (χ0) is 17.1. The summed E-state index contributed by atoms with van der Waals surface area (Å²) in [5, 5.41) is 8.32. The van der Waals surface area contributed by atoms with Crippen LogP contribution in [0.25, 0.3) is 0 Å². The zero-order valence-corrected chi connectivity index (χ0v) is 12.8. The van der Waals surface area contributed by atoms with E-state index in [1.807, 2.05) is 0 Å². The number of allylic oxidation sites excluding steroid dienone is 1. The van der Waals surface area contributed by atoms with Crippen molar-refractivity contribution in [2.45, 2.75) is 32.8 Å². The van der Waals surface area contributed by atoms with Gasteiger partial charge in [-0.2, -0.15) is 0 Å². The first-order valence-electron chi connectivity index (χ1n) is 6.04. The first-order chi connectivity index (χ1) is 9.53. The number of hydrogen-bond donors (Lipinski definition) is 1. The third-order valence-electron chi connectivity index (χ3n) is 1.68. The van der Waals surface area contributed by atoms with E-state index in [-0.39, 0.29) is 12.0 Å². The molecule has 0 amide bonds. The molecule has 0 heterocycles. The molecule has 21 heavy (non-hydrogen) atoms. The van der Waals surface area contributed by atoms with Crippen LogP contribution in [0.15, 0.2) is 37.0 Å². The molecule has 0 aliphatic heterocycles. The maximum atomic E-state index is 11.3. The van der Waals surface area contributed by atoms with Gasteiger partial charge in [-0.1, -0.05) is 19.2 Å². The van der Waals surface area contributed by atoms with Gasteiger partial charge in [0, 0.05) is 17.7 Å². The first kappa shape index (κ1) is 20.9. The van der Waals surface area contributed by atoms with Crippen molar-refractivity contribution in [1.82, 2.24) is 0 Å². The molecule has 6 nitrogen and oxygen atoms in total. The number of methoxy groups -OCH3 is 1. The topological polar surface area (TPSA) is 89.9 Å². The Balaban J connectivity index is 0. The van der Waals surface area contributed by atoms with Crippen LogP contribution in [-0.2, 0) is 23.9 Å². The van der Waals surface area contributed by atoms with E-state index in [1.165, 1.54) is 13.2 Å². The lowest BCUT2D eigenvalue weighted by Gasteiger charge is -2.19. The Kier molecular flexibility index (Phi) is 10.4. The van der Waals surface area contributed by atoms with Crippen molar-refractivity contribution in [3.8, 4) is 0 Å². The van der Waals surface area contributed by atoms with Gasteiger partial charge in [0.25, 0.3) is 0 Å². The Morgan fingerprint density at radius 2 is 1.76 bits per heavy atom. The highest BCUT2D eigenvalue weighted by molar-refractivity contribution is 5.88. The number of hydrogen-bond acceptors (Lipinski definition) is 5. The summed E-state index contributed by atoms with van der Waals surface area (Å²) in [6.07, 6.45) is 3.62. The van der Waals surface area contributed by atoms with E-state index in [0.29, 0.717) is 0 Å². The highest BCUT2D eigenvalue weighted by Gasteiger charge is 2.17. The van der Waals surface area contributed by atoms with Crippen molar-refractivity contribution in [3.63, 3.8) is 0 Å². The van der Waals surface area contributed by atoms with Crippen LogP contribution in [0.4, 0.5) is 0 Å². The number of carboxylic acids is 1. The van der Waals surface area contributed by atoms with E-state index in [2.05, 4.69) is 17.9 Å². The fraction of sp³-hybridized carbons (Fsp3) is 0.400. The van der Waals surface area contributed by atoms with Crippen LogP contribution in [0.5, 0.6) is 0 Å². The largest absolute Gasteiger partial charge is 0.478 e. The number of aliphatic carboxylic acids is 1. The second kappa shape index (κ2) is 10.4. The van der Waals surface area contributed by atoms with Crippen molar-refractivity contribution >= 4 is 17.9 Å². The molecule has 0 aliphatic carbocycles. The Morgan fingerprint density at radius 1 is 1.24 bits per heavy atom. The normalized spacial score (nSPS) is 10.1. The van der Waals surface area contributed by atoms with Gasteiger partial charge < -0.3 is 14.6 Å². The quantitative estimate of drug-likeness (QED) is 0.618. The summed E-state index contributed by atoms with van der Waals surface area (Å²) in [7, 11) is 1.31. The molecule has 0 aliphatic rings. The molecule has 0 atom stereocenters. The monoisotopic (exact) mass is 298 g/mol. The third kappa shape index (κ3) is 15.6. The smallest absolute Gasteiger partial charge is 0.334 e. The molecule has 0 unspecified atom stereocenters. The van der Waals surface area contributed by atoms with E-state index < -0.39 is 23.5 Å². The van der Waals surface area contributed by atoms with Crippen LogP contribution in [0.2, 0.25) is 0 Å². The van der Waals surface area contributed by atoms with Crippen LogP contribution in [0, 0.1) is 0 Å². The molecule has 0 aromatic heterocycles. The molecule has 0 saturated carbocycles. The molecular weight excluding hydrogens is 276 g/mol. The van der Waals surface area contributed by atoms with Crippen molar-refractivity contribution < 1.29 is 29.0 Å². The second-order valence-electron chi connectivity index (χ2n) is 4.78. The Morgan fingerprint density at radius 3 is 2.05 bits per heavy atom. The van der Waals surface area contributed by atoms with Gasteiger partial charge in [-0.3, -0.25) is 0 Å². The minimum Gasteiger partial charge on any atom is -0.478 e. The Labute approximate surface area is 124 Å². The SMILES string of the molecule is C=C(CC=CC(=O)O)C(=O)OC(C)(C)C.C=CC(=O)OC. The highest BCUT2D eigenvalue weighted by atomic mass is 16.6. The van der Waals surface area contributed by atoms with Crippen LogP contribution in [0.1, 0.15) is 27.2 Å². The summed E-state index contributed by atoms with van der Waals surface area (Å²) >= 11 is 0. The number of rotatable bonds is 5. The number of carboxylic acid groups (broad SMARTS) is 1. The standard InChI is InChI=1S/C11H16O4.C4H6O2/c1-8(6-5-7-9(12)13)10(14)15-11(2,3)4;1-3-4(5)6-2/h5,7H,1,6H2,2-4H3,(H,12,13);3H,1H2,2H3. The molecule has 6 heteroatoms. The maximum absolute atomic E-state index is 11.3. The minimum absolute atomic E-state index is 0.182. The fourth-order valence-corrected chi connectivity index (χ4v) is 0.819. The number of carbonyl (C=O) groups is 3. The summed E-state index contributed by atoms with van der Waals surface area (Å²) in [6, 6.07) is 0. The maximum Gasteiger partial charge on any atom is 0.334 e. The van der Waals surface area contributed by atoms with Gasteiger partial charge in [-0.25, -0.2) is 14.4 Å². The van der Waals surface area contributed by atoms with Crippen LogP contribution in [0.3, 0.4) is 0 Å². The molecule has 0 fully saturated rings. The minimum atomic E-state index is -1.05. The van der Waals surface area contributed by atoms with Crippen molar-refractivity contribution in [3.05, 3.63) is 37.0 Å². The van der Waals surface area contributed by atoms with Crippen LogP contribution in [-0.4, -0.2) is 35.7 Å². The van der Waals surface area contributed by atoms with E-state index in [1.54, 1.807) is 20.8 Å². The molecule has 0 radical (unpaired) electrons. The molecule has 0 spiro atoms. The van der Waals surface area contributed by atoms with E-state index in [9.17, 15) is 14.4 Å². The molecule has 118 valence electrons. The highest BCUT2D eigenvalue weighted by Crippen LogP contribution is 2.12. The summed E-state index contributed by atoms with van der Waals surface area (Å²) in [6.45, 7) is 11.9. The van der Waals surface area contributed by atoms with Gasteiger partial charge in [0.2, 0.25) is 0 Å². The first-order valence-corrected chi connectivity index (χ1v) is 6.04. The summed E-state index contributed by atoms with van der Waals surface area (Å²) in [5.41, 5.74) is -0.321. The molecular formula is C15H22O6. The average Bonchev–Trinajstić information content (AvgIpc) is 2.35. The van der Waals surface area contributed by atoms with E-state index in [4.69, 9.17) is 9.84 Å². The van der Waals surface area contributed by atoms with Gasteiger partial charge in [0.15, 0.2) is 0 Å². The van der Waals surface area contributed by atoms with Gasteiger partial charge in [0.1, 0.15) is 5.60 Å².